The Hall–Kier alpha value is -0.600. The van der Waals surface area contributed by atoms with Gasteiger partial charge in [0.2, 0.25) is 0 Å². The first kappa shape index (κ1) is 13.5. The predicted molar refractivity (Wildman–Crippen MR) is 65.2 cm³/mol. The first-order valence-electron chi connectivity index (χ1n) is 5.49. The number of rotatable bonds is 4. The standard InChI is InChI=1S/C13H18ClFO/c1-4-13(2,3)11(16)8-9-6-5-7-10(15)12(9)14/h5-7,11,16H,4,8H2,1-3H3. The molecule has 0 radical (unpaired) electrons. The molecule has 1 unspecified atom stereocenters. The lowest BCUT2D eigenvalue weighted by Crippen LogP contribution is -2.30. The molecule has 0 heterocycles. The predicted octanol–water partition coefficient (Wildman–Crippen LogP) is 3.82. The van der Waals surface area contributed by atoms with Crippen LogP contribution in [-0.4, -0.2) is 11.2 Å². The number of aliphatic hydroxyl groups is 1. The van der Waals surface area contributed by atoms with Gasteiger partial charge in [-0.1, -0.05) is 44.5 Å². The van der Waals surface area contributed by atoms with Gasteiger partial charge < -0.3 is 5.11 Å². The Morgan fingerprint density at radius 1 is 1.44 bits per heavy atom. The van der Waals surface area contributed by atoms with Gasteiger partial charge in [0.25, 0.3) is 0 Å². The van der Waals surface area contributed by atoms with Gasteiger partial charge >= 0.3 is 0 Å². The Labute approximate surface area is 101 Å². The highest BCUT2D eigenvalue weighted by atomic mass is 35.5. The second-order valence-corrected chi connectivity index (χ2v) is 5.15. The Morgan fingerprint density at radius 3 is 2.62 bits per heavy atom. The minimum Gasteiger partial charge on any atom is -0.392 e. The summed E-state index contributed by atoms with van der Waals surface area (Å²) < 4.78 is 13.2. The third-order valence-electron chi connectivity index (χ3n) is 3.26. The summed E-state index contributed by atoms with van der Waals surface area (Å²) in [6.45, 7) is 6.01. The van der Waals surface area contributed by atoms with E-state index < -0.39 is 11.9 Å². The molecule has 0 amide bonds. The van der Waals surface area contributed by atoms with Gasteiger partial charge in [0, 0.05) is 6.42 Å². The van der Waals surface area contributed by atoms with Crippen LogP contribution in [0.1, 0.15) is 32.8 Å². The van der Waals surface area contributed by atoms with Gasteiger partial charge in [0.05, 0.1) is 11.1 Å². The summed E-state index contributed by atoms with van der Waals surface area (Å²) in [5.41, 5.74) is 0.478. The fourth-order valence-electron chi connectivity index (χ4n) is 1.43. The molecule has 0 saturated heterocycles. The number of benzene rings is 1. The van der Waals surface area contributed by atoms with E-state index in [4.69, 9.17) is 11.6 Å². The largest absolute Gasteiger partial charge is 0.392 e. The molecule has 0 aliphatic rings. The maximum atomic E-state index is 13.2. The van der Waals surface area contributed by atoms with E-state index in [1.54, 1.807) is 12.1 Å². The smallest absolute Gasteiger partial charge is 0.142 e. The van der Waals surface area contributed by atoms with Crippen LogP contribution in [0.5, 0.6) is 0 Å². The molecule has 1 aromatic carbocycles. The van der Waals surface area contributed by atoms with Gasteiger partial charge in [0.1, 0.15) is 5.82 Å². The first-order chi connectivity index (χ1) is 7.38. The van der Waals surface area contributed by atoms with Crippen LogP contribution in [0.4, 0.5) is 4.39 Å². The molecule has 0 aliphatic heterocycles. The van der Waals surface area contributed by atoms with Gasteiger partial charge in [-0.3, -0.25) is 0 Å². The lowest BCUT2D eigenvalue weighted by molar-refractivity contribution is 0.0479. The maximum Gasteiger partial charge on any atom is 0.142 e. The quantitative estimate of drug-likeness (QED) is 0.854. The molecular weight excluding hydrogens is 227 g/mol. The Balaban J connectivity index is 2.85. The van der Waals surface area contributed by atoms with Crippen molar-refractivity contribution in [2.75, 3.05) is 0 Å². The average molecular weight is 245 g/mol. The van der Waals surface area contributed by atoms with Gasteiger partial charge in [-0.05, 0) is 23.5 Å². The van der Waals surface area contributed by atoms with Crippen molar-refractivity contribution in [2.24, 2.45) is 5.41 Å². The third-order valence-corrected chi connectivity index (χ3v) is 3.68. The van der Waals surface area contributed by atoms with E-state index in [1.807, 2.05) is 20.8 Å². The number of hydrogen-bond acceptors (Lipinski definition) is 1. The van der Waals surface area contributed by atoms with E-state index in [2.05, 4.69) is 0 Å². The van der Waals surface area contributed by atoms with Gasteiger partial charge in [-0.25, -0.2) is 4.39 Å². The molecule has 1 nitrogen and oxygen atoms in total. The van der Waals surface area contributed by atoms with Crippen LogP contribution < -0.4 is 0 Å². The molecule has 0 aliphatic carbocycles. The average Bonchev–Trinajstić information content (AvgIpc) is 2.24. The summed E-state index contributed by atoms with van der Waals surface area (Å²) >= 11 is 5.84. The number of halogens is 2. The van der Waals surface area contributed by atoms with Crippen molar-refractivity contribution < 1.29 is 9.50 Å². The highest BCUT2D eigenvalue weighted by Gasteiger charge is 2.26. The molecule has 1 aromatic rings. The normalized spacial score (nSPS) is 13.9. The van der Waals surface area contributed by atoms with Gasteiger partial charge in [-0.2, -0.15) is 0 Å². The molecule has 1 N–H and O–H groups in total. The molecule has 0 saturated carbocycles. The zero-order valence-corrected chi connectivity index (χ0v) is 10.7. The Bertz CT molecular complexity index is 363. The van der Waals surface area contributed by atoms with Crippen LogP contribution in [-0.2, 0) is 6.42 Å². The van der Waals surface area contributed by atoms with E-state index in [1.165, 1.54) is 6.07 Å². The van der Waals surface area contributed by atoms with E-state index in [0.29, 0.717) is 12.0 Å². The molecule has 3 heteroatoms. The van der Waals surface area contributed by atoms with Crippen LogP contribution >= 0.6 is 11.6 Å². The number of aliphatic hydroxyl groups excluding tert-OH is 1. The van der Waals surface area contributed by atoms with Crippen molar-refractivity contribution in [1.29, 1.82) is 0 Å². The summed E-state index contributed by atoms with van der Waals surface area (Å²) in [6, 6.07) is 4.69. The summed E-state index contributed by atoms with van der Waals surface area (Å²) in [7, 11) is 0. The zero-order chi connectivity index (χ0) is 12.3. The fraction of sp³-hybridized carbons (Fsp3) is 0.538. The number of hydrogen-bond donors (Lipinski definition) is 1. The lowest BCUT2D eigenvalue weighted by Gasteiger charge is -2.29. The van der Waals surface area contributed by atoms with Crippen molar-refractivity contribution in [3.8, 4) is 0 Å². The van der Waals surface area contributed by atoms with Crippen LogP contribution in [0.2, 0.25) is 5.02 Å². The van der Waals surface area contributed by atoms with E-state index in [0.717, 1.165) is 6.42 Å². The van der Waals surface area contributed by atoms with Crippen LogP contribution in [0, 0.1) is 11.2 Å². The summed E-state index contributed by atoms with van der Waals surface area (Å²) in [6.07, 6.45) is 0.732. The summed E-state index contributed by atoms with van der Waals surface area (Å²) in [4.78, 5) is 0. The zero-order valence-electron chi connectivity index (χ0n) is 9.93. The van der Waals surface area contributed by atoms with Crippen LogP contribution in [0.3, 0.4) is 0 Å². The van der Waals surface area contributed by atoms with Crippen molar-refractivity contribution in [2.45, 2.75) is 39.7 Å². The molecule has 1 rings (SSSR count). The highest BCUT2D eigenvalue weighted by molar-refractivity contribution is 6.31. The Kier molecular flexibility index (Phi) is 4.34. The molecule has 0 aromatic heterocycles. The Morgan fingerprint density at radius 2 is 2.06 bits per heavy atom. The van der Waals surface area contributed by atoms with Crippen molar-refractivity contribution in [3.63, 3.8) is 0 Å². The first-order valence-corrected chi connectivity index (χ1v) is 5.87. The van der Waals surface area contributed by atoms with Gasteiger partial charge in [0.15, 0.2) is 0 Å². The summed E-state index contributed by atoms with van der Waals surface area (Å²) in [5, 5.41) is 10.2. The molecule has 0 fully saturated rings. The molecule has 16 heavy (non-hydrogen) atoms. The van der Waals surface area contributed by atoms with Crippen molar-refractivity contribution in [3.05, 3.63) is 34.6 Å². The molecule has 0 spiro atoms. The molecule has 0 bridgehead atoms. The molecule has 90 valence electrons. The van der Waals surface area contributed by atoms with Crippen LogP contribution in [0.25, 0.3) is 0 Å². The SMILES string of the molecule is CCC(C)(C)C(O)Cc1cccc(F)c1Cl. The second kappa shape index (κ2) is 5.15. The highest BCUT2D eigenvalue weighted by Crippen LogP contribution is 2.29. The second-order valence-electron chi connectivity index (χ2n) is 4.77. The minimum absolute atomic E-state index is 0.119. The molecule has 1 atom stereocenters. The van der Waals surface area contributed by atoms with Crippen LogP contribution in [0.15, 0.2) is 18.2 Å². The maximum absolute atomic E-state index is 13.2. The van der Waals surface area contributed by atoms with E-state index in [9.17, 15) is 9.50 Å². The summed E-state index contributed by atoms with van der Waals surface area (Å²) in [5.74, 6) is -0.430. The van der Waals surface area contributed by atoms with Crippen molar-refractivity contribution >= 4 is 11.6 Å². The van der Waals surface area contributed by atoms with Crippen molar-refractivity contribution in [1.82, 2.24) is 0 Å². The topological polar surface area (TPSA) is 20.2 Å². The lowest BCUT2D eigenvalue weighted by atomic mass is 9.81. The third kappa shape index (κ3) is 2.96. The minimum atomic E-state index is -0.517. The fourth-order valence-corrected chi connectivity index (χ4v) is 1.63. The van der Waals surface area contributed by atoms with E-state index in [-0.39, 0.29) is 10.4 Å². The molecular formula is C13H18ClFO. The van der Waals surface area contributed by atoms with Gasteiger partial charge in [-0.15, -0.1) is 0 Å². The monoisotopic (exact) mass is 244 g/mol. The van der Waals surface area contributed by atoms with E-state index >= 15 is 0 Å².